The van der Waals surface area contributed by atoms with Crippen molar-refractivity contribution in [3.05, 3.63) is 52.5 Å². The zero-order valence-corrected chi connectivity index (χ0v) is 15.4. The van der Waals surface area contributed by atoms with Crippen molar-refractivity contribution in [2.45, 2.75) is 32.3 Å². The topological polar surface area (TPSA) is 47.6 Å². The molecule has 2 aromatic rings. The standard InChI is InChI=1S/C19H20BrNO3/c1-19(2)9-8-13-6-7-16(11-17(13)24-19)23-12-18(22)21-15-5-3-4-14(20)10-15/h3-7,10-11H,8-9,12H2,1-2H3,(H,21,22). The van der Waals surface area contributed by atoms with E-state index in [2.05, 4.69) is 35.1 Å². The molecule has 3 rings (SSSR count). The summed E-state index contributed by atoms with van der Waals surface area (Å²) in [5.74, 6) is 1.28. The molecule has 5 heteroatoms. The molecule has 0 fully saturated rings. The molecule has 0 aromatic heterocycles. The zero-order valence-electron chi connectivity index (χ0n) is 13.8. The Hall–Kier alpha value is -2.01. The Morgan fingerprint density at radius 1 is 1.29 bits per heavy atom. The highest BCUT2D eigenvalue weighted by Gasteiger charge is 2.26. The van der Waals surface area contributed by atoms with Gasteiger partial charge in [0.05, 0.1) is 0 Å². The van der Waals surface area contributed by atoms with Crippen LogP contribution in [0.15, 0.2) is 46.9 Å². The van der Waals surface area contributed by atoms with Gasteiger partial charge in [-0.15, -0.1) is 0 Å². The predicted octanol–water partition coefficient (Wildman–Crippen LogP) is 4.57. The predicted molar refractivity (Wildman–Crippen MR) is 97.7 cm³/mol. The molecule has 0 atom stereocenters. The van der Waals surface area contributed by atoms with E-state index >= 15 is 0 Å². The molecule has 1 amide bonds. The Balaban J connectivity index is 1.60. The number of anilines is 1. The fraction of sp³-hybridized carbons (Fsp3) is 0.316. The van der Waals surface area contributed by atoms with Gasteiger partial charge in [0.1, 0.15) is 17.1 Å². The van der Waals surface area contributed by atoms with E-state index in [1.54, 1.807) is 0 Å². The number of hydrogen-bond donors (Lipinski definition) is 1. The van der Waals surface area contributed by atoms with Crippen LogP contribution in [0.5, 0.6) is 11.5 Å². The maximum Gasteiger partial charge on any atom is 0.262 e. The average Bonchev–Trinajstić information content (AvgIpc) is 2.51. The van der Waals surface area contributed by atoms with E-state index in [9.17, 15) is 4.79 Å². The van der Waals surface area contributed by atoms with Crippen molar-refractivity contribution in [3.63, 3.8) is 0 Å². The minimum atomic E-state index is -0.202. The quantitative estimate of drug-likeness (QED) is 0.832. The van der Waals surface area contributed by atoms with Crippen LogP contribution < -0.4 is 14.8 Å². The van der Waals surface area contributed by atoms with Gasteiger partial charge in [-0.05, 0) is 56.5 Å². The summed E-state index contributed by atoms with van der Waals surface area (Å²) in [6, 6.07) is 13.2. The van der Waals surface area contributed by atoms with Crippen molar-refractivity contribution >= 4 is 27.5 Å². The number of ether oxygens (including phenoxy) is 2. The van der Waals surface area contributed by atoms with Gasteiger partial charge < -0.3 is 14.8 Å². The van der Waals surface area contributed by atoms with Crippen molar-refractivity contribution in [2.24, 2.45) is 0 Å². The van der Waals surface area contributed by atoms with Gasteiger partial charge in [0.2, 0.25) is 0 Å². The van der Waals surface area contributed by atoms with E-state index in [4.69, 9.17) is 9.47 Å². The second-order valence-corrected chi connectivity index (χ2v) is 7.39. The van der Waals surface area contributed by atoms with Gasteiger partial charge in [-0.25, -0.2) is 0 Å². The first-order chi connectivity index (χ1) is 11.4. The SMILES string of the molecule is CC1(C)CCc2ccc(OCC(=O)Nc3cccc(Br)c3)cc2O1. The molecule has 0 unspecified atom stereocenters. The minimum Gasteiger partial charge on any atom is -0.487 e. The number of benzene rings is 2. The van der Waals surface area contributed by atoms with Crippen LogP contribution >= 0.6 is 15.9 Å². The molecule has 1 heterocycles. The van der Waals surface area contributed by atoms with E-state index in [1.165, 1.54) is 5.56 Å². The van der Waals surface area contributed by atoms with Crippen molar-refractivity contribution in [1.29, 1.82) is 0 Å². The Bertz CT molecular complexity index is 758. The average molecular weight is 390 g/mol. The van der Waals surface area contributed by atoms with E-state index in [0.717, 1.165) is 28.8 Å². The van der Waals surface area contributed by atoms with E-state index in [0.29, 0.717) is 5.75 Å². The van der Waals surface area contributed by atoms with Gasteiger partial charge in [-0.3, -0.25) is 4.79 Å². The van der Waals surface area contributed by atoms with Crippen LogP contribution in [-0.4, -0.2) is 18.1 Å². The normalized spacial score (nSPS) is 15.1. The Morgan fingerprint density at radius 2 is 2.12 bits per heavy atom. The van der Waals surface area contributed by atoms with E-state index in [1.807, 2.05) is 42.5 Å². The number of halogens is 1. The van der Waals surface area contributed by atoms with Crippen molar-refractivity contribution in [3.8, 4) is 11.5 Å². The Morgan fingerprint density at radius 3 is 2.92 bits per heavy atom. The summed E-state index contributed by atoms with van der Waals surface area (Å²) in [6.07, 6.45) is 1.99. The Kier molecular flexibility index (Phi) is 4.81. The number of carbonyl (C=O) groups excluding carboxylic acids is 1. The van der Waals surface area contributed by atoms with Crippen molar-refractivity contribution < 1.29 is 14.3 Å². The highest BCUT2D eigenvalue weighted by Crippen LogP contribution is 2.35. The van der Waals surface area contributed by atoms with Crippen LogP contribution in [0.4, 0.5) is 5.69 Å². The number of fused-ring (bicyclic) bond motifs is 1. The second kappa shape index (κ2) is 6.85. The first-order valence-corrected chi connectivity index (χ1v) is 8.71. The van der Waals surface area contributed by atoms with Gasteiger partial charge in [-0.2, -0.15) is 0 Å². The molecule has 4 nitrogen and oxygen atoms in total. The number of hydrogen-bond acceptors (Lipinski definition) is 3. The fourth-order valence-corrected chi connectivity index (χ4v) is 3.02. The third-order valence-corrected chi connectivity index (χ3v) is 4.39. The molecule has 126 valence electrons. The molecule has 0 bridgehead atoms. The number of nitrogens with one attached hydrogen (secondary N) is 1. The number of rotatable bonds is 4. The molecule has 24 heavy (non-hydrogen) atoms. The van der Waals surface area contributed by atoms with Crippen LogP contribution in [0.3, 0.4) is 0 Å². The number of aryl methyl sites for hydroxylation is 1. The molecular formula is C19H20BrNO3. The van der Waals surface area contributed by atoms with Gasteiger partial charge in [-0.1, -0.05) is 28.1 Å². The molecule has 1 aliphatic rings. The third kappa shape index (κ3) is 4.29. The summed E-state index contributed by atoms with van der Waals surface area (Å²) in [6.45, 7) is 4.11. The monoisotopic (exact) mass is 389 g/mol. The molecule has 1 aliphatic heterocycles. The summed E-state index contributed by atoms with van der Waals surface area (Å²) >= 11 is 3.38. The molecule has 0 aliphatic carbocycles. The summed E-state index contributed by atoms with van der Waals surface area (Å²) in [7, 11) is 0. The third-order valence-electron chi connectivity index (χ3n) is 3.90. The molecule has 1 N–H and O–H groups in total. The first kappa shape index (κ1) is 16.8. The van der Waals surface area contributed by atoms with E-state index in [-0.39, 0.29) is 18.1 Å². The summed E-state index contributed by atoms with van der Waals surface area (Å²) in [5, 5.41) is 2.80. The molecule has 0 radical (unpaired) electrons. The van der Waals surface area contributed by atoms with Crippen molar-refractivity contribution in [1.82, 2.24) is 0 Å². The highest BCUT2D eigenvalue weighted by molar-refractivity contribution is 9.10. The van der Waals surface area contributed by atoms with Gasteiger partial charge >= 0.3 is 0 Å². The maximum absolute atomic E-state index is 12.0. The maximum atomic E-state index is 12.0. The van der Waals surface area contributed by atoms with Gasteiger partial charge in [0.25, 0.3) is 5.91 Å². The van der Waals surface area contributed by atoms with Crippen molar-refractivity contribution in [2.75, 3.05) is 11.9 Å². The van der Waals surface area contributed by atoms with Crippen LogP contribution in [0.1, 0.15) is 25.8 Å². The second-order valence-electron chi connectivity index (χ2n) is 6.48. The van der Waals surface area contributed by atoms with Crippen LogP contribution in [0, 0.1) is 0 Å². The van der Waals surface area contributed by atoms with Crippen LogP contribution in [-0.2, 0) is 11.2 Å². The van der Waals surface area contributed by atoms with Gasteiger partial charge in [0, 0.05) is 16.2 Å². The lowest BCUT2D eigenvalue weighted by atomic mass is 9.94. The molecular weight excluding hydrogens is 370 g/mol. The van der Waals surface area contributed by atoms with Crippen LogP contribution in [0.2, 0.25) is 0 Å². The zero-order chi connectivity index (χ0) is 17.2. The van der Waals surface area contributed by atoms with Gasteiger partial charge in [0.15, 0.2) is 6.61 Å². The lowest BCUT2D eigenvalue weighted by Gasteiger charge is -2.32. The number of amides is 1. The summed E-state index contributed by atoms with van der Waals surface area (Å²) in [5.41, 5.74) is 1.75. The molecule has 0 saturated carbocycles. The fourth-order valence-electron chi connectivity index (χ4n) is 2.62. The molecule has 2 aromatic carbocycles. The smallest absolute Gasteiger partial charge is 0.262 e. The summed E-state index contributed by atoms with van der Waals surface area (Å²) in [4.78, 5) is 12.0. The summed E-state index contributed by atoms with van der Waals surface area (Å²) < 4.78 is 12.5. The molecule has 0 saturated heterocycles. The lowest BCUT2D eigenvalue weighted by Crippen LogP contribution is -2.32. The lowest BCUT2D eigenvalue weighted by molar-refractivity contribution is -0.118. The van der Waals surface area contributed by atoms with Crippen LogP contribution in [0.25, 0.3) is 0 Å². The molecule has 0 spiro atoms. The Labute approximate surface area is 150 Å². The van der Waals surface area contributed by atoms with E-state index < -0.39 is 0 Å². The number of carbonyl (C=O) groups is 1. The first-order valence-electron chi connectivity index (χ1n) is 7.91. The highest BCUT2D eigenvalue weighted by atomic mass is 79.9. The largest absolute Gasteiger partial charge is 0.487 e. The minimum absolute atomic E-state index is 0.0469.